The zero-order chi connectivity index (χ0) is 20.6. The van der Waals surface area contributed by atoms with Crippen molar-refractivity contribution in [1.82, 2.24) is 15.5 Å². The molecule has 10 heteroatoms. The summed E-state index contributed by atoms with van der Waals surface area (Å²) in [6.45, 7) is 1.13. The SMILES string of the molecule is O=C(CCCCC1SC[C@@H]2[N-]C(=O)N[C@H]12)NCCCCCCN1C(=O)C=CC1=O.[Rf]. The number of carbonyl (C=O) groups is 4. The van der Waals surface area contributed by atoms with Gasteiger partial charge in [0.25, 0.3) is 11.8 Å². The molecule has 0 aromatic carbocycles. The van der Waals surface area contributed by atoms with E-state index < -0.39 is 0 Å². The van der Waals surface area contributed by atoms with E-state index in [1.54, 1.807) is 0 Å². The van der Waals surface area contributed by atoms with Gasteiger partial charge in [-0.3, -0.25) is 24.1 Å². The number of hydrogen-bond acceptors (Lipinski definition) is 5. The van der Waals surface area contributed by atoms with E-state index in [0.717, 1.165) is 50.7 Å². The largest absolute Gasteiger partial charge is 0.445 e. The number of fused-ring (bicyclic) bond motifs is 1. The van der Waals surface area contributed by atoms with Crippen molar-refractivity contribution in [2.45, 2.75) is 68.7 Å². The third-order valence-corrected chi connectivity index (χ3v) is 7.03. The van der Waals surface area contributed by atoms with Crippen molar-refractivity contribution >= 4 is 35.5 Å². The summed E-state index contributed by atoms with van der Waals surface area (Å²) in [6.07, 6.45) is 9.58. The minimum Gasteiger partial charge on any atom is -0.445 e. The molecule has 1 unspecified atom stereocenters. The van der Waals surface area contributed by atoms with Crippen LogP contribution in [0, 0.1) is 0 Å². The first-order chi connectivity index (χ1) is 14.0. The van der Waals surface area contributed by atoms with E-state index in [0.29, 0.717) is 24.8 Å². The molecule has 3 aliphatic heterocycles. The summed E-state index contributed by atoms with van der Waals surface area (Å²) < 4.78 is 0. The number of hydrogen-bond donors (Lipinski definition) is 2. The zero-order valence-electron chi connectivity index (χ0n) is 17.3. The zero-order valence-corrected chi connectivity index (χ0v) is 24.5. The molecule has 3 atom stereocenters. The van der Waals surface area contributed by atoms with Gasteiger partial charge in [0, 0.05) is 36.9 Å². The molecule has 2 fully saturated rings. The van der Waals surface area contributed by atoms with E-state index in [9.17, 15) is 19.2 Å². The minimum atomic E-state index is -0.225. The van der Waals surface area contributed by atoms with Crippen LogP contribution in [0.2, 0.25) is 0 Å². The maximum atomic E-state index is 11.9. The summed E-state index contributed by atoms with van der Waals surface area (Å²) in [7, 11) is 0. The van der Waals surface area contributed by atoms with Crippen LogP contribution in [0.4, 0.5) is 4.79 Å². The molecule has 2 saturated heterocycles. The average Bonchev–Trinajstić information content (AvgIpc) is 3.34. The van der Waals surface area contributed by atoms with Crippen molar-refractivity contribution in [3.05, 3.63) is 17.5 Å². The number of thioether (sulfide) groups is 1. The van der Waals surface area contributed by atoms with E-state index >= 15 is 0 Å². The van der Waals surface area contributed by atoms with Crippen molar-refractivity contribution in [3.8, 4) is 0 Å². The first-order valence-electron chi connectivity index (χ1n) is 10.5. The smallest absolute Gasteiger partial charge is 0.253 e. The van der Waals surface area contributed by atoms with Crippen LogP contribution >= 0.6 is 11.8 Å². The molecule has 8 nitrogen and oxygen atoms in total. The Morgan fingerprint density at radius 1 is 1.10 bits per heavy atom. The fourth-order valence-electron chi connectivity index (χ4n) is 3.92. The standard InChI is InChI=1S/C20H30N4O4S.Rf/c25-16(8-4-3-7-15-19-14(13-29-15)22-20(28)23-19)21-11-5-1-2-6-12-24-17(26)9-10-18(24)27;/h9-10,14-15,19H,1-8,11-13H2,(H3,21,22,23,25,28);/p-1/t14-,15?,19-;/m0./s1. The van der Waals surface area contributed by atoms with Crippen molar-refractivity contribution in [3.63, 3.8) is 0 Å². The quantitative estimate of drug-likeness (QED) is 0.186. The number of urea groups is 1. The number of imide groups is 1. The van der Waals surface area contributed by atoms with Crippen LogP contribution in [-0.2, 0) is 14.4 Å². The molecule has 0 aliphatic carbocycles. The molecule has 3 heterocycles. The molecule has 0 spiro atoms. The molecule has 0 bridgehead atoms. The van der Waals surface area contributed by atoms with Crippen LogP contribution in [0.25, 0.3) is 5.32 Å². The molecular weight excluding hydrogens is 659 g/mol. The second-order valence-corrected chi connectivity index (χ2v) is 8.99. The fraction of sp³-hybridized carbons (Fsp3) is 0.700. The number of unbranched alkanes of at least 4 members (excludes halogenated alkanes) is 4. The van der Waals surface area contributed by atoms with Crippen LogP contribution in [0.1, 0.15) is 51.4 Å². The van der Waals surface area contributed by atoms with Gasteiger partial charge in [-0.1, -0.05) is 19.3 Å². The van der Waals surface area contributed by atoms with Gasteiger partial charge in [0.15, 0.2) is 6.03 Å². The van der Waals surface area contributed by atoms with Gasteiger partial charge in [-0.05, 0) is 43.5 Å². The fourth-order valence-corrected chi connectivity index (χ4v) is 5.44. The minimum absolute atomic E-state index is 0. The summed E-state index contributed by atoms with van der Waals surface area (Å²) in [5, 5.41) is 10.4. The molecule has 0 saturated carbocycles. The Balaban J connectivity index is 0.00000320. The Morgan fingerprint density at radius 3 is 2.60 bits per heavy atom. The van der Waals surface area contributed by atoms with Crippen molar-refractivity contribution in [2.24, 2.45) is 0 Å². The summed E-state index contributed by atoms with van der Waals surface area (Å²) >= 11 is 1.87. The van der Waals surface area contributed by atoms with E-state index in [-0.39, 0.29) is 35.8 Å². The van der Waals surface area contributed by atoms with Gasteiger partial charge in [0.05, 0.1) is 0 Å². The summed E-state index contributed by atoms with van der Waals surface area (Å²) in [5.74, 6) is 0.550. The predicted molar refractivity (Wildman–Crippen MR) is 112 cm³/mol. The van der Waals surface area contributed by atoms with Crippen molar-refractivity contribution < 1.29 is 19.2 Å². The van der Waals surface area contributed by atoms with Gasteiger partial charge in [0.2, 0.25) is 5.91 Å². The van der Waals surface area contributed by atoms with Gasteiger partial charge in [-0.2, -0.15) is 11.8 Å². The van der Waals surface area contributed by atoms with Gasteiger partial charge in [0.1, 0.15) is 0 Å². The molecule has 3 rings (SSSR count). The number of amides is 5. The molecule has 30 heavy (non-hydrogen) atoms. The number of rotatable bonds is 12. The normalized spacial score (nSPS) is 24.5. The van der Waals surface area contributed by atoms with Gasteiger partial charge in [-0.15, -0.1) is 0 Å². The van der Waals surface area contributed by atoms with Crippen LogP contribution in [0.3, 0.4) is 0 Å². The van der Waals surface area contributed by atoms with Crippen LogP contribution in [0.5, 0.6) is 0 Å². The molecule has 3 aliphatic rings. The molecule has 162 valence electrons. The maximum Gasteiger partial charge on any atom is 0.253 e. The van der Waals surface area contributed by atoms with Crippen LogP contribution in [0.15, 0.2) is 12.2 Å². The number of nitrogens with zero attached hydrogens (tertiary/aromatic N) is 2. The maximum absolute atomic E-state index is 11.9. The summed E-state index contributed by atoms with van der Waals surface area (Å²) in [6, 6.07) is 0.132. The van der Waals surface area contributed by atoms with E-state index in [1.807, 2.05) is 11.8 Å². The second kappa shape index (κ2) is 11.2. The van der Waals surface area contributed by atoms with E-state index in [4.69, 9.17) is 0 Å². The Kier molecular flexibility index (Phi) is 8.70. The second-order valence-electron chi connectivity index (χ2n) is 7.71. The molecular formula is C20H29N4O4RfS-. The Bertz CT molecular complexity index is 657. The third kappa shape index (κ3) is 6.23. The van der Waals surface area contributed by atoms with Crippen LogP contribution < -0.4 is 10.6 Å². The van der Waals surface area contributed by atoms with Crippen molar-refractivity contribution in [2.75, 3.05) is 18.8 Å². The van der Waals surface area contributed by atoms with Crippen LogP contribution in [-0.4, -0.2) is 64.8 Å². The number of nitrogens with one attached hydrogen (secondary N) is 2. The topological polar surface area (TPSA) is 110 Å². The Hall–Kier alpha value is -3.03. The third-order valence-electron chi connectivity index (χ3n) is 5.54. The average molecular weight is 689 g/mol. The molecule has 0 radical (unpaired) electrons. The molecule has 5 amide bonds. The molecule has 0 aromatic rings. The summed E-state index contributed by atoms with van der Waals surface area (Å²) in [4.78, 5) is 47.3. The first kappa shape index (κ1) is 23.3. The van der Waals surface area contributed by atoms with Crippen molar-refractivity contribution in [1.29, 1.82) is 0 Å². The van der Waals surface area contributed by atoms with E-state index in [2.05, 4.69) is 16.0 Å². The Labute approximate surface area is 175 Å². The monoisotopic (exact) mass is 688 g/mol. The van der Waals surface area contributed by atoms with Gasteiger partial charge in [-0.25, -0.2) is 0 Å². The first-order valence-corrected chi connectivity index (χ1v) is 11.5. The summed E-state index contributed by atoms with van der Waals surface area (Å²) in [5.41, 5.74) is 0. The van der Waals surface area contributed by atoms with Gasteiger partial charge < -0.3 is 16.0 Å². The molecule has 0 aromatic heterocycles. The molecule has 2 N–H and O–H groups in total. The predicted octanol–water partition coefficient (Wildman–Crippen LogP) is 2.10. The Morgan fingerprint density at radius 2 is 1.83 bits per heavy atom. The number of carbonyl (C=O) groups excluding carboxylic acids is 4. The van der Waals surface area contributed by atoms with E-state index in [1.165, 1.54) is 17.1 Å². The van der Waals surface area contributed by atoms with Gasteiger partial charge >= 0.3 is 0 Å².